The van der Waals surface area contributed by atoms with E-state index in [1.807, 2.05) is 31.2 Å². The Morgan fingerprint density at radius 3 is 2.55 bits per heavy atom. The Kier molecular flexibility index (Phi) is 4.06. The fraction of sp³-hybridized carbons (Fsp3) is 0.214. The van der Waals surface area contributed by atoms with Crippen LogP contribution in [0.3, 0.4) is 0 Å². The molecule has 0 bridgehead atoms. The maximum atomic E-state index is 12.3. The molecule has 106 valence electrons. The third-order valence-corrected chi connectivity index (χ3v) is 4.66. The van der Waals surface area contributed by atoms with Crippen LogP contribution in [0.5, 0.6) is 0 Å². The molecule has 0 saturated heterocycles. The largest absolute Gasteiger partial charge is 0.383 e. The van der Waals surface area contributed by atoms with Crippen molar-refractivity contribution in [2.75, 3.05) is 5.73 Å². The van der Waals surface area contributed by atoms with Gasteiger partial charge in [0, 0.05) is 12.2 Å². The highest BCUT2D eigenvalue weighted by atomic mass is 32.2. The minimum atomic E-state index is -3.69. The first-order valence-electron chi connectivity index (χ1n) is 6.20. The van der Waals surface area contributed by atoms with Crippen LogP contribution in [0.1, 0.15) is 24.1 Å². The molecule has 0 aliphatic carbocycles. The van der Waals surface area contributed by atoms with Gasteiger partial charge in [-0.1, -0.05) is 24.3 Å². The summed E-state index contributed by atoms with van der Waals surface area (Å²) in [6.45, 7) is 3.74. The summed E-state index contributed by atoms with van der Waals surface area (Å²) in [5.74, 6) is -0.00279. The van der Waals surface area contributed by atoms with Gasteiger partial charge in [0.25, 0.3) is 0 Å². The minimum Gasteiger partial charge on any atom is -0.383 e. The van der Waals surface area contributed by atoms with Crippen molar-refractivity contribution in [1.29, 1.82) is 0 Å². The van der Waals surface area contributed by atoms with Gasteiger partial charge in [0.1, 0.15) is 10.7 Å². The summed E-state index contributed by atoms with van der Waals surface area (Å²) in [6.07, 6.45) is 1.46. The highest BCUT2D eigenvalue weighted by Gasteiger charge is 2.21. The van der Waals surface area contributed by atoms with E-state index in [0.29, 0.717) is 0 Å². The summed E-state index contributed by atoms with van der Waals surface area (Å²) >= 11 is 0. The number of benzene rings is 1. The van der Waals surface area contributed by atoms with Crippen molar-refractivity contribution in [3.8, 4) is 0 Å². The third-order valence-electron chi connectivity index (χ3n) is 3.08. The number of pyridine rings is 1. The van der Waals surface area contributed by atoms with Gasteiger partial charge in [-0.15, -0.1) is 0 Å². The zero-order chi connectivity index (χ0) is 14.8. The molecule has 3 N–H and O–H groups in total. The van der Waals surface area contributed by atoms with Crippen molar-refractivity contribution in [2.24, 2.45) is 0 Å². The molecule has 1 unspecified atom stereocenters. The average Bonchev–Trinajstić information content (AvgIpc) is 2.38. The van der Waals surface area contributed by atoms with Crippen LogP contribution in [0, 0.1) is 6.92 Å². The van der Waals surface area contributed by atoms with Crippen LogP contribution in [0.2, 0.25) is 0 Å². The minimum absolute atomic E-state index is 0.000402. The molecule has 0 spiro atoms. The molecular formula is C14H17N3O2S. The summed E-state index contributed by atoms with van der Waals surface area (Å²) in [5.41, 5.74) is 7.58. The Bertz CT molecular complexity index is 714. The van der Waals surface area contributed by atoms with E-state index in [4.69, 9.17) is 5.73 Å². The normalized spacial score (nSPS) is 13.1. The van der Waals surface area contributed by atoms with Gasteiger partial charge in [-0.25, -0.2) is 18.1 Å². The predicted molar refractivity (Wildman–Crippen MR) is 78.6 cm³/mol. The number of hydrogen-bond acceptors (Lipinski definition) is 4. The molecule has 1 heterocycles. The summed E-state index contributed by atoms with van der Waals surface area (Å²) in [7, 11) is -3.69. The lowest BCUT2D eigenvalue weighted by atomic mass is 10.0. The van der Waals surface area contributed by atoms with E-state index in [1.165, 1.54) is 12.3 Å². The molecule has 1 aromatic heterocycles. The maximum Gasteiger partial charge on any atom is 0.244 e. The summed E-state index contributed by atoms with van der Waals surface area (Å²) < 4.78 is 27.3. The van der Waals surface area contributed by atoms with Crippen LogP contribution in [0.25, 0.3) is 0 Å². The zero-order valence-corrected chi connectivity index (χ0v) is 12.2. The number of anilines is 1. The molecule has 0 aliphatic rings. The quantitative estimate of drug-likeness (QED) is 0.902. The van der Waals surface area contributed by atoms with Crippen molar-refractivity contribution in [1.82, 2.24) is 9.71 Å². The molecular weight excluding hydrogens is 274 g/mol. The Morgan fingerprint density at radius 2 is 1.90 bits per heavy atom. The van der Waals surface area contributed by atoms with Crippen molar-refractivity contribution in [3.05, 3.63) is 53.7 Å². The number of nitrogens with one attached hydrogen (secondary N) is 1. The fourth-order valence-electron chi connectivity index (χ4n) is 2.06. The van der Waals surface area contributed by atoms with Gasteiger partial charge >= 0.3 is 0 Å². The number of aryl methyl sites for hydroxylation is 1. The Morgan fingerprint density at radius 1 is 1.20 bits per heavy atom. The van der Waals surface area contributed by atoms with Gasteiger partial charge in [0.15, 0.2) is 0 Å². The zero-order valence-electron chi connectivity index (χ0n) is 11.4. The molecule has 6 heteroatoms. The molecule has 2 rings (SSSR count). The molecule has 1 atom stereocenters. The van der Waals surface area contributed by atoms with Gasteiger partial charge in [-0.2, -0.15) is 0 Å². The van der Waals surface area contributed by atoms with E-state index in [0.717, 1.165) is 11.1 Å². The van der Waals surface area contributed by atoms with Crippen LogP contribution in [-0.4, -0.2) is 13.4 Å². The Balaban J connectivity index is 2.30. The molecule has 0 fully saturated rings. The second kappa shape index (κ2) is 5.60. The SMILES string of the molecule is Cc1ccccc1C(C)NS(=O)(=O)c1cccnc1N. The first-order valence-corrected chi connectivity index (χ1v) is 7.68. The lowest BCUT2D eigenvalue weighted by Crippen LogP contribution is -2.28. The number of nitrogens with two attached hydrogens (primary N) is 1. The standard InChI is InChI=1S/C14H17N3O2S/c1-10-6-3-4-7-12(10)11(2)17-20(18,19)13-8-5-9-16-14(13)15/h3-9,11,17H,1-2H3,(H2,15,16). The van der Waals surface area contributed by atoms with Crippen LogP contribution < -0.4 is 10.5 Å². The first-order chi connectivity index (χ1) is 9.42. The number of hydrogen-bond donors (Lipinski definition) is 2. The molecule has 5 nitrogen and oxygen atoms in total. The smallest absolute Gasteiger partial charge is 0.244 e. The lowest BCUT2D eigenvalue weighted by Gasteiger charge is -2.17. The van der Waals surface area contributed by atoms with Crippen molar-refractivity contribution in [2.45, 2.75) is 24.8 Å². The molecule has 0 radical (unpaired) electrons. The highest BCUT2D eigenvalue weighted by Crippen LogP contribution is 2.21. The summed E-state index contributed by atoms with van der Waals surface area (Å²) in [5, 5.41) is 0. The summed E-state index contributed by atoms with van der Waals surface area (Å²) in [4.78, 5) is 3.80. The molecule has 1 aromatic carbocycles. The number of nitrogen functional groups attached to an aromatic ring is 1. The molecule has 0 saturated carbocycles. The Hall–Kier alpha value is -1.92. The van der Waals surface area contributed by atoms with Gasteiger partial charge in [-0.05, 0) is 37.1 Å². The van der Waals surface area contributed by atoms with Crippen molar-refractivity contribution < 1.29 is 8.42 Å². The first kappa shape index (κ1) is 14.5. The van der Waals surface area contributed by atoms with Crippen LogP contribution in [-0.2, 0) is 10.0 Å². The summed E-state index contributed by atoms with van der Waals surface area (Å²) in [6, 6.07) is 10.3. The topological polar surface area (TPSA) is 85.1 Å². The maximum absolute atomic E-state index is 12.3. The van der Waals surface area contributed by atoms with Gasteiger partial charge in [0.2, 0.25) is 10.0 Å². The van der Waals surface area contributed by atoms with Crippen LogP contribution >= 0.6 is 0 Å². The van der Waals surface area contributed by atoms with Crippen molar-refractivity contribution in [3.63, 3.8) is 0 Å². The van der Waals surface area contributed by atoms with Gasteiger partial charge in [0.05, 0.1) is 0 Å². The number of rotatable bonds is 4. The Labute approximate surface area is 118 Å². The van der Waals surface area contributed by atoms with Crippen LogP contribution in [0.4, 0.5) is 5.82 Å². The van der Waals surface area contributed by atoms with E-state index in [-0.39, 0.29) is 16.8 Å². The van der Waals surface area contributed by atoms with Gasteiger partial charge < -0.3 is 5.73 Å². The third kappa shape index (κ3) is 2.97. The lowest BCUT2D eigenvalue weighted by molar-refractivity contribution is 0.566. The average molecular weight is 291 g/mol. The van der Waals surface area contributed by atoms with E-state index in [2.05, 4.69) is 9.71 Å². The monoisotopic (exact) mass is 291 g/mol. The molecule has 0 aliphatic heterocycles. The van der Waals surface area contributed by atoms with Crippen LogP contribution in [0.15, 0.2) is 47.5 Å². The number of nitrogens with zero attached hydrogens (tertiary/aromatic N) is 1. The second-order valence-electron chi connectivity index (χ2n) is 4.59. The fourth-order valence-corrected chi connectivity index (χ4v) is 3.37. The second-order valence-corrected chi connectivity index (χ2v) is 6.27. The highest BCUT2D eigenvalue weighted by molar-refractivity contribution is 7.89. The van der Waals surface area contributed by atoms with Gasteiger partial charge in [-0.3, -0.25) is 0 Å². The van der Waals surface area contributed by atoms with Crippen molar-refractivity contribution >= 4 is 15.8 Å². The van der Waals surface area contributed by atoms with E-state index in [9.17, 15) is 8.42 Å². The molecule has 20 heavy (non-hydrogen) atoms. The van der Waals surface area contributed by atoms with E-state index >= 15 is 0 Å². The van der Waals surface area contributed by atoms with E-state index in [1.54, 1.807) is 13.0 Å². The number of aromatic nitrogens is 1. The van der Waals surface area contributed by atoms with E-state index < -0.39 is 10.0 Å². The molecule has 2 aromatic rings. The number of sulfonamides is 1. The molecule has 0 amide bonds. The predicted octanol–water partition coefficient (Wildman–Crippen LogP) is 2.01.